The molecule has 1 N–H and O–H groups in total. The number of Topliss-reactive ketones (excluding diaryl/α,β-unsaturated/α-hetero) is 1. The number of benzene rings is 3. The molecule has 0 spiro atoms. The molecule has 4 nitrogen and oxygen atoms in total. The Morgan fingerprint density at radius 3 is 2.41 bits per heavy atom. The second kappa shape index (κ2) is 7.86. The van der Waals surface area contributed by atoms with Crippen molar-refractivity contribution in [2.75, 3.05) is 5.32 Å². The van der Waals surface area contributed by atoms with E-state index in [9.17, 15) is 9.59 Å². The standard InChI is InChI=1S/C24H17ClN2O2/c1-15(28)17-5-4-6-19(13-17)26-24(29)21-14-23(16-9-11-18(25)12-10-16)27-22-8-3-2-7-20(21)22/h2-14H,1H3,(H,26,29). The van der Waals surface area contributed by atoms with Gasteiger partial charge in [-0.1, -0.05) is 54.1 Å². The molecule has 0 fully saturated rings. The van der Waals surface area contributed by atoms with Gasteiger partial charge in [0, 0.05) is 27.2 Å². The van der Waals surface area contributed by atoms with E-state index in [1.54, 1.807) is 42.5 Å². The van der Waals surface area contributed by atoms with Crippen LogP contribution in [0.4, 0.5) is 5.69 Å². The lowest BCUT2D eigenvalue weighted by Crippen LogP contribution is -2.13. The number of carbonyl (C=O) groups excluding carboxylic acids is 2. The topological polar surface area (TPSA) is 59.1 Å². The number of pyridine rings is 1. The number of ketones is 1. The number of rotatable bonds is 4. The lowest BCUT2D eigenvalue weighted by atomic mass is 10.0. The van der Waals surface area contributed by atoms with Gasteiger partial charge in [-0.25, -0.2) is 4.98 Å². The summed E-state index contributed by atoms with van der Waals surface area (Å²) in [5.41, 5.74) is 3.90. The van der Waals surface area contributed by atoms with Crippen molar-refractivity contribution in [3.05, 3.63) is 95.0 Å². The van der Waals surface area contributed by atoms with E-state index in [1.807, 2.05) is 36.4 Å². The second-order valence-corrected chi connectivity index (χ2v) is 7.11. The number of aromatic nitrogens is 1. The number of anilines is 1. The van der Waals surface area contributed by atoms with Crippen LogP contribution in [0.3, 0.4) is 0 Å². The summed E-state index contributed by atoms with van der Waals surface area (Å²) in [6, 6.07) is 23.5. The van der Waals surface area contributed by atoms with E-state index in [1.165, 1.54) is 6.92 Å². The van der Waals surface area contributed by atoms with Gasteiger partial charge in [-0.15, -0.1) is 0 Å². The van der Waals surface area contributed by atoms with Crippen molar-refractivity contribution in [1.29, 1.82) is 0 Å². The fourth-order valence-electron chi connectivity index (χ4n) is 3.15. The third-order valence-electron chi connectivity index (χ3n) is 4.63. The molecule has 29 heavy (non-hydrogen) atoms. The highest BCUT2D eigenvalue weighted by Crippen LogP contribution is 2.26. The maximum Gasteiger partial charge on any atom is 0.256 e. The molecule has 0 aliphatic rings. The second-order valence-electron chi connectivity index (χ2n) is 6.67. The molecule has 3 aromatic carbocycles. The molecule has 1 heterocycles. The summed E-state index contributed by atoms with van der Waals surface area (Å²) in [6.07, 6.45) is 0. The van der Waals surface area contributed by atoms with Gasteiger partial charge in [0.05, 0.1) is 16.8 Å². The quantitative estimate of drug-likeness (QED) is 0.427. The number of carbonyl (C=O) groups is 2. The summed E-state index contributed by atoms with van der Waals surface area (Å²) in [5, 5.41) is 4.29. The predicted molar refractivity (Wildman–Crippen MR) is 117 cm³/mol. The number of amides is 1. The molecule has 1 aromatic heterocycles. The maximum absolute atomic E-state index is 13.1. The molecule has 1 amide bonds. The van der Waals surface area contributed by atoms with Gasteiger partial charge in [-0.05, 0) is 43.3 Å². The first-order valence-electron chi connectivity index (χ1n) is 9.09. The Balaban J connectivity index is 1.77. The monoisotopic (exact) mass is 400 g/mol. The van der Waals surface area contributed by atoms with Crippen molar-refractivity contribution in [2.24, 2.45) is 0 Å². The molecule has 4 aromatic rings. The lowest BCUT2D eigenvalue weighted by Gasteiger charge is -2.11. The molecular formula is C24H17ClN2O2. The van der Waals surface area contributed by atoms with Crippen molar-refractivity contribution in [3.63, 3.8) is 0 Å². The largest absolute Gasteiger partial charge is 0.322 e. The molecule has 4 rings (SSSR count). The van der Waals surface area contributed by atoms with E-state index >= 15 is 0 Å². The van der Waals surface area contributed by atoms with Gasteiger partial charge < -0.3 is 5.32 Å². The van der Waals surface area contributed by atoms with Crippen LogP contribution in [0.1, 0.15) is 27.6 Å². The predicted octanol–water partition coefficient (Wildman–Crippen LogP) is 6.01. The van der Waals surface area contributed by atoms with Crippen LogP contribution in [-0.2, 0) is 0 Å². The van der Waals surface area contributed by atoms with E-state index < -0.39 is 0 Å². The van der Waals surface area contributed by atoms with Crippen LogP contribution in [0.15, 0.2) is 78.9 Å². The van der Waals surface area contributed by atoms with E-state index in [-0.39, 0.29) is 11.7 Å². The van der Waals surface area contributed by atoms with E-state index in [0.29, 0.717) is 27.5 Å². The zero-order valence-corrected chi connectivity index (χ0v) is 16.4. The molecule has 0 saturated carbocycles. The summed E-state index contributed by atoms with van der Waals surface area (Å²) in [7, 11) is 0. The van der Waals surface area contributed by atoms with Gasteiger partial charge in [0.25, 0.3) is 5.91 Å². The van der Waals surface area contributed by atoms with Gasteiger partial charge in [-0.2, -0.15) is 0 Å². The summed E-state index contributed by atoms with van der Waals surface area (Å²) in [6.45, 7) is 1.50. The Morgan fingerprint density at radius 2 is 1.66 bits per heavy atom. The van der Waals surface area contributed by atoms with E-state index in [0.717, 1.165) is 16.5 Å². The van der Waals surface area contributed by atoms with Crippen LogP contribution in [0.2, 0.25) is 5.02 Å². The minimum Gasteiger partial charge on any atom is -0.322 e. The first-order chi connectivity index (χ1) is 14.0. The molecule has 0 bridgehead atoms. The highest BCUT2D eigenvalue weighted by molar-refractivity contribution is 6.30. The van der Waals surface area contributed by atoms with Gasteiger partial charge in [0.1, 0.15) is 0 Å². The zero-order valence-electron chi connectivity index (χ0n) is 15.6. The van der Waals surface area contributed by atoms with Gasteiger partial charge in [0.2, 0.25) is 0 Å². The van der Waals surface area contributed by atoms with Gasteiger partial charge in [0.15, 0.2) is 5.78 Å². The molecule has 0 unspecified atom stereocenters. The van der Waals surface area contributed by atoms with Crippen molar-refractivity contribution in [1.82, 2.24) is 4.98 Å². The third kappa shape index (κ3) is 4.03. The normalized spacial score (nSPS) is 10.7. The molecule has 5 heteroatoms. The highest BCUT2D eigenvalue weighted by atomic mass is 35.5. The summed E-state index contributed by atoms with van der Waals surface area (Å²) >= 11 is 5.99. The van der Waals surface area contributed by atoms with Crippen LogP contribution < -0.4 is 5.32 Å². The van der Waals surface area contributed by atoms with Gasteiger partial charge in [-0.3, -0.25) is 9.59 Å². The molecule has 0 aliphatic carbocycles. The number of fused-ring (bicyclic) bond motifs is 1. The van der Waals surface area contributed by atoms with Crippen LogP contribution in [0, 0.1) is 0 Å². The molecule has 0 atom stereocenters. The first kappa shape index (κ1) is 18.8. The summed E-state index contributed by atoms with van der Waals surface area (Å²) < 4.78 is 0. The zero-order chi connectivity index (χ0) is 20.4. The lowest BCUT2D eigenvalue weighted by molar-refractivity contribution is 0.101. The molecule has 0 aliphatic heterocycles. The van der Waals surface area contributed by atoms with Gasteiger partial charge >= 0.3 is 0 Å². The Kier molecular flexibility index (Phi) is 5.10. The Morgan fingerprint density at radius 1 is 0.897 bits per heavy atom. The fourth-order valence-corrected chi connectivity index (χ4v) is 3.27. The Hall–Kier alpha value is -3.50. The number of nitrogens with one attached hydrogen (secondary N) is 1. The third-order valence-corrected chi connectivity index (χ3v) is 4.88. The van der Waals surface area contributed by atoms with Crippen molar-refractivity contribution in [2.45, 2.75) is 6.92 Å². The van der Waals surface area contributed by atoms with Crippen LogP contribution in [0.25, 0.3) is 22.2 Å². The summed E-state index contributed by atoms with van der Waals surface area (Å²) in [5.74, 6) is -0.319. The average Bonchev–Trinajstić information content (AvgIpc) is 2.73. The maximum atomic E-state index is 13.1. The van der Waals surface area contributed by atoms with Crippen LogP contribution in [0.5, 0.6) is 0 Å². The van der Waals surface area contributed by atoms with Crippen molar-refractivity contribution < 1.29 is 9.59 Å². The Labute approximate surface area is 173 Å². The molecular weight excluding hydrogens is 384 g/mol. The van der Waals surface area contributed by atoms with Crippen molar-refractivity contribution in [3.8, 4) is 11.3 Å². The number of hydrogen-bond acceptors (Lipinski definition) is 3. The SMILES string of the molecule is CC(=O)c1cccc(NC(=O)c2cc(-c3ccc(Cl)cc3)nc3ccccc23)c1. The molecule has 0 radical (unpaired) electrons. The smallest absolute Gasteiger partial charge is 0.256 e. The van der Waals surface area contributed by atoms with E-state index in [4.69, 9.17) is 16.6 Å². The number of para-hydroxylation sites is 1. The van der Waals surface area contributed by atoms with Crippen LogP contribution in [-0.4, -0.2) is 16.7 Å². The number of halogens is 1. The minimum atomic E-state index is -0.264. The fraction of sp³-hybridized carbons (Fsp3) is 0.0417. The average molecular weight is 401 g/mol. The van der Waals surface area contributed by atoms with E-state index in [2.05, 4.69) is 5.32 Å². The first-order valence-corrected chi connectivity index (χ1v) is 9.47. The summed E-state index contributed by atoms with van der Waals surface area (Å²) in [4.78, 5) is 29.4. The number of hydrogen-bond donors (Lipinski definition) is 1. The highest BCUT2D eigenvalue weighted by Gasteiger charge is 2.14. The molecule has 142 valence electrons. The van der Waals surface area contributed by atoms with Crippen LogP contribution >= 0.6 is 11.6 Å². The van der Waals surface area contributed by atoms with Crippen molar-refractivity contribution >= 4 is 39.9 Å². The minimum absolute atomic E-state index is 0.0551. The Bertz CT molecular complexity index is 1230. The molecule has 0 saturated heterocycles. The number of nitrogens with zero attached hydrogens (tertiary/aromatic N) is 1.